The average molecular weight is 550 g/mol. The van der Waals surface area contributed by atoms with Crippen LogP contribution in [0.1, 0.15) is 74.6 Å². The molecule has 0 radical (unpaired) electrons. The summed E-state index contributed by atoms with van der Waals surface area (Å²) in [5.74, 6) is 0.0862. The zero-order valence-corrected chi connectivity index (χ0v) is 26.6. The first-order chi connectivity index (χ1) is 18.3. The molecular formula is C33H51N3O2Si. The number of hydrogen-bond donors (Lipinski definition) is 1. The van der Waals surface area contributed by atoms with E-state index in [4.69, 9.17) is 0 Å². The molecule has 1 saturated heterocycles. The van der Waals surface area contributed by atoms with Crippen molar-refractivity contribution < 1.29 is 9.59 Å². The summed E-state index contributed by atoms with van der Waals surface area (Å²) < 4.78 is 0. The van der Waals surface area contributed by atoms with Gasteiger partial charge in [-0.25, -0.2) is 0 Å². The zero-order valence-electron chi connectivity index (χ0n) is 25.6. The molecule has 3 rings (SSSR count). The van der Waals surface area contributed by atoms with Gasteiger partial charge >= 0.3 is 0 Å². The Balaban J connectivity index is 2.03. The van der Waals surface area contributed by atoms with Crippen molar-refractivity contribution in [1.29, 1.82) is 0 Å². The van der Waals surface area contributed by atoms with Crippen LogP contribution in [0.2, 0.25) is 18.1 Å². The summed E-state index contributed by atoms with van der Waals surface area (Å²) in [6, 6.07) is 18.1. The molecule has 1 fully saturated rings. The summed E-state index contributed by atoms with van der Waals surface area (Å²) in [6.07, 6.45) is 2.85. The summed E-state index contributed by atoms with van der Waals surface area (Å²) in [5.41, 5.74) is 4.47. The molecule has 2 aromatic carbocycles. The second kappa shape index (κ2) is 12.9. The third-order valence-corrected chi connectivity index (χ3v) is 12.4. The van der Waals surface area contributed by atoms with Gasteiger partial charge < -0.3 is 9.70 Å². The van der Waals surface area contributed by atoms with Gasteiger partial charge in [0.2, 0.25) is 0 Å². The highest BCUT2D eigenvalue weighted by Crippen LogP contribution is 2.40. The summed E-state index contributed by atoms with van der Waals surface area (Å²) in [5, 5.41) is -0.133. The van der Waals surface area contributed by atoms with Gasteiger partial charge in [0.15, 0.2) is 8.32 Å². The van der Waals surface area contributed by atoms with Crippen LogP contribution in [0.3, 0.4) is 0 Å². The molecule has 0 unspecified atom stereocenters. The summed E-state index contributed by atoms with van der Waals surface area (Å²) in [7, 11) is -2.34. The number of benzene rings is 2. The number of piperazine rings is 1. The molecule has 2 aromatic rings. The van der Waals surface area contributed by atoms with Crippen LogP contribution in [0, 0.1) is 0 Å². The van der Waals surface area contributed by atoms with Crippen LogP contribution in [0.25, 0.3) is 0 Å². The van der Waals surface area contributed by atoms with E-state index < -0.39 is 8.32 Å². The van der Waals surface area contributed by atoms with Crippen molar-refractivity contribution >= 4 is 14.2 Å². The van der Waals surface area contributed by atoms with E-state index in [0.717, 1.165) is 31.6 Å². The standard InChI is InChI=1S/C33H51N3O2Si/c1-10-20-35-23-26(5)36(24-25(35)4)31(28-16-18-29(19-17-28)32(37)34(11-2)12-3)30-15-13-14-27(21-30)22-33(6,7)39(8,9)38/h10,13-19,21,25-26,31,38H,1,11-12,20,22-24H2,2-9H3/t25-,26+,31-/m1/s1. The zero-order chi connectivity index (χ0) is 29.0. The van der Waals surface area contributed by atoms with Crippen LogP contribution < -0.4 is 0 Å². The Kier molecular flexibility index (Phi) is 10.4. The fourth-order valence-corrected chi connectivity index (χ4v) is 6.32. The van der Waals surface area contributed by atoms with Crippen molar-refractivity contribution in [2.75, 3.05) is 32.7 Å². The molecule has 3 atom stereocenters. The second-order valence-electron chi connectivity index (χ2n) is 12.5. The monoisotopic (exact) mass is 549 g/mol. The van der Waals surface area contributed by atoms with Crippen LogP contribution in [-0.2, 0) is 6.42 Å². The first kappa shape index (κ1) is 31.3. The van der Waals surface area contributed by atoms with E-state index in [1.54, 1.807) is 0 Å². The van der Waals surface area contributed by atoms with Crippen molar-refractivity contribution in [3.05, 3.63) is 83.4 Å². The third-order valence-electron chi connectivity index (χ3n) is 8.95. The maximum absolute atomic E-state index is 13.0. The van der Waals surface area contributed by atoms with E-state index >= 15 is 0 Å². The number of rotatable bonds is 11. The fourth-order valence-electron chi connectivity index (χ4n) is 5.68. The molecule has 1 amide bonds. The van der Waals surface area contributed by atoms with Crippen LogP contribution >= 0.6 is 0 Å². The van der Waals surface area contributed by atoms with E-state index in [-0.39, 0.29) is 17.0 Å². The van der Waals surface area contributed by atoms with Crippen LogP contribution in [0.15, 0.2) is 61.2 Å². The van der Waals surface area contributed by atoms with E-state index in [1.807, 2.05) is 50.1 Å². The first-order valence-electron chi connectivity index (χ1n) is 14.6. The highest BCUT2D eigenvalue weighted by Gasteiger charge is 2.38. The van der Waals surface area contributed by atoms with Crippen molar-refractivity contribution in [2.24, 2.45) is 0 Å². The van der Waals surface area contributed by atoms with Crippen molar-refractivity contribution in [3.63, 3.8) is 0 Å². The normalized spacial score (nSPS) is 20.0. The van der Waals surface area contributed by atoms with E-state index in [2.05, 4.69) is 80.5 Å². The molecule has 0 spiro atoms. The SMILES string of the molecule is C=CCN1C[C@H](C)N([C@H](c2ccc(C(=O)N(CC)CC)cc2)c2cccc(CC(C)(C)[Si](C)(C)O)c2)C[C@H]1C. The van der Waals surface area contributed by atoms with Gasteiger partial charge in [-0.1, -0.05) is 56.3 Å². The van der Waals surface area contributed by atoms with Crippen molar-refractivity contribution in [1.82, 2.24) is 14.7 Å². The maximum atomic E-state index is 13.0. The minimum Gasteiger partial charge on any atom is -0.432 e. The number of carbonyl (C=O) groups excluding carboxylic acids is 1. The second-order valence-corrected chi connectivity index (χ2v) is 17.0. The molecule has 1 aliphatic rings. The highest BCUT2D eigenvalue weighted by atomic mass is 28.4. The van der Waals surface area contributed by atoms with Gasteiger partial charge in [0.1, 0.15) is 0 Å². The van der Waals surface area contributed by atoms with Crippen molar-refractivity contribution in [2.45, 2.75) is 84.2 Å². The Hall–Kier alpha value is -2.25. The minimum absolute atomic E-state index is 0.0772. The first-order valence-corrected chi connectivity index (χ1v) is 17.6. The van der Waals surface area contributed by atoms with Gasteiger partial charge in [-0.2, -0.15) is 0 Å². The number of carbonyl (C=O) groups is 1. The molecule has 1 aliphatic heterocycles. The van der Waals surface area contributed by atoms with Gasteiger partial charge in [0, 0.05) is 50.4 Å². The minimum atomic E-state index is -2.34. The summed E-state index contributed by atoms with van der Waals surface area (Å²) >= 11 is 0. The molecule has 39 heavy (non-hydrogen) atoms. The molecule has 1 heterocycles. The largest absolute Gasteiger partial charge is 0.432 e. The van der Waals surface area contributed by atoms with Gasteiger partial charge in [-0.3, -0.25) is 14.6 Å². The smallest absolute Gasteiger partial charge is 0.253 e. The van der Waals surface area contributed by atoms with Gasteiger partial charge in [0.25, 0.3) is 5.91 Å². The lowest BCUT2D eigenvalue weighted by atomic mass is 9.90. The summed E-state index contributed by atoms with van der Waals surface area (Å²) in [4.78, 5) is 30.9. The molecule has 0 bridgehead atoms. The fraction of sp³-hybridized carbons (Fsp3) is 0.545. The molecule has 0 saturated carbocycles. The molecule has 5 nitrogen and oxygen atoms in total. The quantitative estimate of drug-likeness (QED) is 0.262. The van der Waals surface area contributed by atoms with Crippen LogP contribution in [0.5, 0.6) is 0 Å². The van der Waals surface area contributed by atoms with E-state index in [0.29, 0.717) is 25.2 Å². The lowest BCUT2D eigenvalue weighted by molar-refractivity contribution is 0.0306. The van der Waals surface area contributed by atoms with Crippen LogP contribution in [0.4, 0.5) is 0 Å². The predicted octanol–water partition coefficient (Wildman–Crippen LogP) is 6.36. The van der Waals surface area contributed by atoms with Gasteiger partial charge in [-0.05, 0) is 81.1 Å². The predicted molar refractivity (Wildman–Crippen MR) is 167 cm³/mol. The average Bonchev–Trinajstić information content (AvgIpc) is 2.87. The molecule has 214 valence electrons. The molecule has 1 N–H and O–H groups in total. The van der Waals surface area contributed by atoms with Gasteiger partial charge in [0.05, 0.1) is 6.04 Å². The summed E-state index contributed by atoms with van der Waals surface area (Å²) in [6.45, 7) is 25.3. The Labute approximate surface area is 238 Å². The molecule has 6 heteroatoms. The molecule has 0 aromatic heterocycles. The Morgan fingerprint density at radius 3 is 2.28 bits per heavy atom. The highest BCUT2D eigenvalue weighted by molar-refractivity contribution is 6.72. The Morgan fingerprint density at radius 1 is 1.08 bits per heavy atom. The van der Waals surface area contributed by atoms with E-state index in [1.165, 1.54) is 16.7 Å². The van der Waals surface area contributed by atoms with Crippen LogP contribution in [-0.4, -0.2) is 78.5 Å². The molecule has 0 aliphatic carbocycles. The third kappa shape index (κ3) is 7.29. The Bertz CT molecular complexity index is 1100. The lowest BCUT2D eigenvalue weighted by Crippen LogP contribution is -2.57. The van der Waals surface area contributed by atoms with Gasteiger partial charge in [-0.15, -0.1) is 6.58 Å². The molecular weight excluding hydrogens is 498 g/mol. The Morgan fingerprint density at radius 2 is 1.72 bits per heavy atom. The number of nitrogens with zero attached hydrogens (tertiary/aromatic N) is 3. The van der Waals surface area contributed by atoms with Crippen molar-refractivity contribution in [3.8, 4) is 0 Å². The number of hydrogen-bond acceptors (Lipinski definition) is 4. The topological polar surface area (TPSA) is 47.0 Å². The number of amides is 1. The maximum Gasteiger partial charge on any atom is 0.253 e. The lowest BCUT2D eigenvalue weighted by Gasteiger charge is -2.47. The van der Waals surface area contributed by atoms with E-state index in [9.17, 15) is 9.59 Å².